The Bertz CT molecular complexity index is 454. The first-order valence-corrected chi connectivity index (χ1v) is 9.02. The van der Waals surface area contributed by atoms with Gasteiger partial charge in [-0.25, -0.2) is 4.98 Å². The fraction of sp³-hybridized carbons (Fsp3) is 0.714. The summed E-state index contributed by atoms with van der Waals surface area (Å²) in [5, 5.41) is 6.24. The van der Waals surface area contributed by atoms with Gasteiger partial charge in [0.05, 0.1) is 12.3 Å². The fourth-order valence-corrected chi connectivity index (χ4v) is 4.21. The van der Waals surface area contributed by atoms with Crippen LogP contribution in [0.4, 0.5) is 5.13 Å². The molecule has 0 amide bonds. The number of aromatic nitrogens is 1. The Morgan fingerprint density at radius 1 is 1.60 bits per heavy atom. The predicted octanol–water partition coefficient (Wildman–Crippen LogP) is 3.15. The van der Waals surface area contributed by atoms with Crippen LogP contribution in [-0.4, -0.2) is 35.6 Å². The third kappa shape index (κ3) is 3.67. The number of ether oxygens (including phenoxy) is 1. The van der Waals surface area contributed by atoms with Crippen molar-refractivity contribution in [2.45, 2.75) is 32.6 Å². The molecule has 0 aromatic carbocycles. The molecule has 1 unspecified atom stereocenters. The van der Waals surface area contributed by atoms with E-state index in [-0.39, 0.29) is 5.97 Å². The van der Waals surface area contributed by atoms with E-state index < -0.39 is 5.41 Å². The van der Waals surface area contributed by atoms with Gasteiger partial charge < -0.3 is 10.1 Å². The standard InChI is InChI=1S/C14H22N2O2S2/c1-4-18-12(17)14(2,3)11-9-20-13(16-11)15-7-10-5-6-19-8-10/h9-10H,4-8H2,1-3H3,(H,15,16). The molecule has 1 fully saturated rings. The molecule has 1 aliphatic heterocycles. The maximum Gasteiger partial charge on any atom is 0.317 e. The first-order valence-electron chi connectivity index (χ1n) is 6.99. The van der Waals surface area contributed by atoms with Gasteiger partial charge in [-0.1, -0.05) is 0 Å². The minimum Gasteiger partial charge on any atom is -0.465 e. The van der Waals surface area contributed by atoms with E-state index >= 15 is 0 Å². The molecular weight excluding hydrogens is 292 g/mol. The van der Waals surface area contributed by atoms with Crippen molar-refractivity contribution in [3.8, 4) is 0 Å². The van der Waals surface area contributed by atoms with Gasteiger partial charge in [0.1, 0.15) is 5.41 Å². The predicted molar refractivity (Wildman–Crippen MR) is 85.7 cm³/mol. The smallest absolute Gasteiger partial charge is 0.317 e. The highest BCUT2D eigenvalue weighted by Gasteiger charge is 2.34. The lowest BCUT2D eigenvalue weighted by Crippen LogP contribution is -2.31. The molecule has 4 nitrogen and oxygen atoms in total. The molecule has 20 heavy (non-hydrogen) atoms. The number of thiazole rings is 1. The van der Waals surface area contributed by atoms with Crippen LogP contribution in [-0.2, 0) is 14.9 Å². The number of nitrogens with one attached hydrogen (secondary N) is 1. The molecule has 112 valence electrons. The van der Waals surface area contributed by atoms with E-state index in [0.717, 1.165) is 23.3 Å². The zero-order valence-corrected chi connectivity index (χ0v) is 13.9. The highest BCUT2D eigenvalue weighted by Crippen LogP contribution is 2.29. The summed E-state index contributed by atoms with van der Waals surface area (Å²) in [6, 6.07) is 0. The van der Waals surface area contributed by atoms with Gasteiger partial charge in [0.15, 0.2) is 5.13 Å². The van der Waals surface area contributed by atoms with Gasteiger partial charge >= 0.3 is 5.97 Å². The average molecular weight is 314 g/mol. The van der Waals surface area contributed by atoms with Crippen LogP contribution >= 0.6 is 23.1 Å². The van der Waals surface area contributed by atoms with Crippen molar-refractivity contribution in [3.63, 3.8) is 0 Å². The zero-order chi connectivity index (χ0) is 14.6. The van der Waals surface area contributed by atoms with Gasteiger partial charge in [-0.15, -0.1) is 11.3 Å². The van der Waals surface area contributed by atoms with Crippen molar-refractivity contribution in [2.75, 3.05) is 30.0 Å². The van der Waals surface area contributed by atoms with Crippen LogP contribution in [0.15, 0.2) is 5.38 Å². The van der Waals surface area contributed by atoms with Crippen LogP contribution in [0.2, 0.25) is 0 Å². The van der Waals surface area contributed by atoms with Crippen LogP contribution in [0.5, 0.6) is 0 Å². The highest BCUT2D eigenvalue weighted by molar-refractivity contribution is 7.99. The topological polar surface area (TPSA) is 51.2 Å². The molecule has 0 radical (unpaired) electrons. The van der Waals surface area contributed by atoms with Crippen molar-refractivity contribution < 1.29 is 9.53 Å². The molecule has 2 heterocycles. The second-order valence-electron chi connectivity index (χ2n) is 5.49. The van der Waals surface area contributed by atoms with Crippen molar-refractivity contribution in [3.05, 3.63) is 11.1 Å². The van der Waals surface area contributed by atoms with Crippen LogP contribution < -0.4 is 5.32 Å². The van der Waals surface area contributed by atoms with Gasteiger partial charge in [0.2, 0.25) is 0 Å². The summed E-state index contributed by atoms with van der Waals surface area (Å²) >= 11 is 3.58. The highest BCUT2D eigenvalue weighted by atomic mass is 32.2. The maximum atomic E-state index is 12.0. The molecule has 1 atom stereocenters. The molecule has 1 aliphatic rings. The third-order valence-corrected chi connectivity index (χ3v) is 5.53. The largest absolute Gasteiger partial charge is 0.465 e. The summed E-state index contributed by atoms with van der Waals surface area (Å²) in [7, 11) is 0. The number of esters is 1. The summed E-state index contributed by atoms with van der Waals surface area (Å²) < 4.78 is 5.11. The number of hydrogen-bond acceptors (Lipinski definition) is 6. The van der Waals surface area contributed by atoms with Gasteiger partial charge in [-0.2, -0.15) is 11.8 Å². The Balaban J connectivity index is 1.95. The molecule has 0 spiro atoms. The van der Waals surface area contributed by atoms with E-state index in [9.17, 15) is 4.79 Å². The number of carbonyl (C=O) groups excluding carboxylic acids is 1. The number of carbonyl (C=O) groups is 1. The summed E-state index contributed by atoms with van der Waals surface area (Å²) in [4.78, 5) is 16.5. The molecule has 1 N–H and O–H groups in total. The summed E-state index contributed by atoms with van der Waals surface area (Å²) in [5.74, 6) is 3.03. The van der Waals surface area contributed by atoms with Crippen molar-refractivity contribution in [2.24, 2.45) is 5.92 Å². The zero-order valence-electron chi connectivity index (χ0n) is 12.3. The number of anilines is 1. The molecule has 0 aliphatic carbocycles. The number of rotatable bonds is 6. The molecule has 1 saturated heterocycles. The molecule has 1 aromatic heterocycles. The summed E-state index contributed by atoms with van der Waals surface area (Å²) in [6.45, 7) is 6.91. The summed E-state index contributed by atoms with van der Waals surface area (Å²) in [6.07, 6.45) is 1.28. The van der Waals surface area contributed by atoms with E-state index in [1.165, 1.54) is 17.9 Å². The van der Waals surface area contributed by atoms with Gasteiger partial charge in [0, 0.05) is 11.9 Å². The first-order chi connectivity index (χ1) is 9.54. The number of thioether (sulfide) groups is 1. The second-order valence-corrected chi connectivity index (χ2v) is 7.50. The SMILES string of the molecule is CCOC(=O)C(C)(C)c1csc(NCC2CCSC2)n1. The fourth-order valence-electron chi connectivity index (χ4n) is 2.03. The average Bonchev–Trinajstić information content (AvgIpc) is 3.08. The molecular formula is C14H22N2O2S2. The van der Waals surface area contributed by atoms with Gasteiger partial charge in [-0.05, 0) is 44.6 Å². The Hall–Kier alpha value is -0.750. The van der Waals surface area contributed by atoms with Gasteiger partial charge in [0.25, 0.3) is 0 Å². The Kier molecular flexibility index (Phi) is 5.32. The minimum absolute atomic E-state index is 0.218. The Morgan fingerprint density at radius 3 is 3.05 bits per heavy atom. The Labute approximate surface area is 128 Å². The maximum absolute atomic E-state index is 12.0. The molecule has 6 heteroatoms. The van der Waals surface area contributed by atoms with Crippen molar-refractivity contribution in [1.82, 2.24) is 4.98 Å². The third-order valence-electron chi connectivity index (χ3n) is 3.50. The minimum atomic E-state index is -0.685. The molecule has 0 saturated carbocycles. The monoisotopic (exact) mass is 314 g/mol. The molecule has 2 rings (SSSR count). The van der Waals surface area contributed by atoms with Crippen LogP contribution in [0, 0.1) is 5.92 Å². The normalized spacial score (nSPS) is 19.1. The Morgan fingerprint density at radius 2 is 2.40 bits per heavy atom. The van der Waals surface area contributed by atoms with E-state index in [1.807, 2.05) is 37.9 Å². The van der Waals surface area contributed by atoms with E-state index in [2.05, 4.69) is 10.3 Å². The van der Waals surface area contributed by atoms with E-state index in [4.69, 9.17) is 4.74 Å². The molecule has 0 bridgehead atoms. The lowest BCUT2D eigenvalue weighted by Gasteiger charge is -2.19. The quantitative estimate of drug-likeness (QED) is 0.818. The van der Waals surface area contributed by atoms with Crippen LogP contribution in [0.1, 0.15) is 32.9 Å². The lowest BCUT2D eigenvalue weighted by molar-refractivity contribution is -0.148. The number of nitrogens with zero attached hydrogens (tertiary/aromatic N) is 1. The van der Waals surface area contributed by atoms with Crippen molar-refractivity contribution in [1.29, 1.82) is 0 Å². The molecule has 1 aromatic rings. The number of hydrogen-bond donors (Lipinski definition) is 1. The van der Waals surface area contributed by atoms with Crippen LogP contribution in [0.25, 0.3) is 0 Å². The second kappa shape index (κ2) is 6.80. The van der Waals surface area contributed by atoms with E-state index in [0.29, 0.717) is 6.61 Å². The van der Waals surface area contributed by atoms with Crippen LogP contribution in [0.3, 0.4) is 0 Å². The lowest BCUT2D eigenvalue weighted by atomic mass is 9.90. The van der Waals surface area contributed by atoms with E-state index in [1.54, 1.807) is 11.3 Å². The van der Waals surface area contributed by atoms with Crippen molar-refractivity contribution >= 4 is 34.2 Å². The van der Waals surface area contributed by atoms with Gasteiger partial charge in [-0.3, -0.25) is 4.79 Å². The first kappa shape index (κ1) is 15.6. The summed E-state index contributed by atoms with van der Waals surface area (Å²) in [5.41, 5.74) is 0.0968.